The molecule has 22 heavy (non-hydrogen) atoms. The first kappa shape index (κ1) is 14.6. The van der Waals surface area contributed by atoms with E-state index in [1.54, 1.807) is 24.4 Å². The van der Waals surface area contributed by atoms with Crippen LogP contribution in [0.4, 0.5) is 5.82 Å². The Balaban J connectivity index is 1.96. The Morgan fingerprint density at radius 1 is 1.23 bits per heavy atom. The van der Waals surface area contributed by atoms with Gasteiger partial charge in [0.15, 0.2) is 11.5 Å². The van der Waals surface area contributed by atoms with Gasteiger partial charge < -0.3 is 19.5 Å². The normalized spacial score (nSPS) is 16.0. The summed E-state index contributed by atoms with van der Waals surface area (Å²) in [4.78, 5) is 16.4. The van der Waals surface area contributed by atoms with E-state index in [0.29, 0.717) is 28.4 Å². The molecule has 1 atom stereocenters. The van der Waals surface area contributed by atoms with Crippen molar-refractivity contribution in [2.45, 2.75) is 6.23 Å². The van der Waals surface area contributed by atoms with E-state index in [1.807, 2.05) is 6.07 Å². The van der Waals surface area contributed by atoms with Crippen LogP contribution in [0.5, 0.6) is 11.5 Å². The van der Waals surface area contributed by atoms with Crippen molar-refractivity contribution < 1.29 is 19.0 Å². The molecular formula is C15H13BrN2O4. The van der Waals surface area contributed by atoms with Gasteiger partial charge in [-0.3, -0.25) is 0 Å². The molecule has 1 aliphatic heterocycles. The monoisotopic (exact) mass is 364 g/mol. The number of carbonyl (C=O) groups is 1. The molecule has 0 aliphatic carbocycles. The minimum Gasteiger partial charge on any atom is -0.493 e. The van der Waals surface area contributed by atoms with E-state index < -0.39 is 12.2 Å². The van der Waals surface area contributed by atoms with Crippen LogP contribution in [0.25, 0.3) is 0 Å². The predicted octanol–water partition coefficient (Wildman–Crippen LogP) is 3.14. The Morgan fingerprint density at radius 3 is 2.68 bits per heavy atom. The Bertz CT molecular complexity index is 718. The number of anilines is 1. The van der Waals surface area contributed by atoms with Crippen LogP contribution in [-0.4, -0.2) is 25.2 Å². The molecule has 3 rings (SSSR count). The van der Waals surface area contributed by atoms with E-state index in [0.717, 1.165) is 4.47 Å². The van der Waals surface area contributed by atoms with Gasteiger partial charge in [0.25, 0.3) is 0 Å². The van der Waals surface area contributed by atoms with Crippen LogP contribution in [-0.2, 0) is 4.74 Å². The number of halogens is 1. The van der Waals surface area contributed by atoms with Crippen LogP contribution in [0, 0.1) is 0 Å². The summed E-state index contributed by atoms with van der Waals surface area (Å²) in [6.45, 7) is 0. The Kier molecular flexibility index (Phi) is 3.89. The maximum atomic E-state index is 12.1. The zero-order valence-corrected chi connectivity index (χ0v) is 13.5. The molecule has 2 heterocycles. The largest absolute Gasteiger partial charge is 0.493 e. The van der Waals surface area contributed by atoms with Crippen LogP contribution in [0.15, 0.2) is 34.9 Å². The van der Waals surface area contributed by atoms with Gasteiger partial charge in [-0.2, -0.15) is 0 Å². The highest BCUT2D eigenvalue weighted by Gasteiger charge is 2.36. The number of carbonyl (C=O) groups excluding carboxylic acids is 1. The van der Waals surface area contributed by atoms with E-state index in [9.17, 15) is 4.79 Å². The van der Waals surface area contributed by atoms with Crippen molar-refractivity contribution in [3.05, 3.63) is 46.1 Å². The van der Waals surface area contributed by atoms with Crippen LogP contribution in [0.3, 0.4) is 0 Å². The number of nitrogens with zero attached hydrogens (tertiary/aromatic N) is 1. The number of aromatic nitrogens is 1. The zero-order valence-electron chi connectivity index (χ0n) is 11.9. The summed E-state index contributed by atoms with van der Waals surface area (Å²) in [5.74, 6) is 1.00. The minimum absolute atomic E-state index is 0.372. The average molecular weight is 365 g/mol. The van der Waals surface area contributed by atoms with Gasteiger partial charge in [-0.25, -0.2) is 9.78 Å². The second-order valence-electron chi connectivity index (χ2n) is 4.56. The number of fused-ring (bicyclic) bond motifs is 1. The van der Waals surface area contributed by atoms with Gasteiger partial charge in [0.05, 0.1) is 14.2 Å². The number of cyclic esters (lactones) is 1. The third-order valence-corrected chi connectivity index (χ3v) is 3.76. The van der Waals surface area contributed by atoms with Gasteiger partial charge >= 0.3 is 5.97 Å². The van der Waals surface area contributed by atoms with Crippen LogP contribution in [0.1, 0.15) is 22.1 Å². The number of hydrogen-bond acceptors (Lipinski definition) is 6. The highest BCUT2D eigenvalue weighted by molar-refractivity contribution is 9.10. The summed E-state index contributed by atoms with van der Waals surface area (Å²) in [6, 6.07) is 7.15. The van der Waals surface area contributed by atoms with Gasteiger partial charge in [-0.05, 0) is 40.2 Å². The molecule has 7 heteroatoms. The summed E-state index contributed by atoms with van der Waals surface area (Å²) < 4.78 is 16.7. The number of rotatable bonds is 4. The average Bonchev–Trinajstić information content (AvgIpc) is 2.85. The molecule has 114 valence electrons. The molecule has 1 aromatic heterocycles. The first-order chi connectivity index (χ1) is 10.6. The highest BCUT2D eigenvalue weighted by Crippen LogP contribution is 2.41. The topological polar surface area (TPSA) is 69.7 Å². The summed E-state index contributed by atoms with van der Waals surface area (Å²) in [5, 5.41) is 3.07. The molecule has 0 spiro atoms. The second-order valence-corrected chi connectivity index (χ2v) is 5.47. The number of methoxy groups -OCH3 is 2. The standard InChI is InChI=1S/C15H13BrN2O4/c1-20-10-5-4-9-12(13(10)21-2)15(19)22-14(9)18-11-6-3-8(16)7-17-11/h3-7,14H,1-2H3,(H,17,18)/t14-/m0/s1. The maximum absolute atomic E-state index is 12.1. The van der Waals surface area contributed by atoms with Gasteiger partial charge in [0, 0.05) is 16.2 Å². The predicted molar refractivity (Wildman–Crippen MR) is 83.3 cm³/mol. The molecule has 0 saturated carbocycles. The van der Waals surface area contributed by atoms with E-state index in [2.05, 4.69) is 26.2 Å². The number of ether oxygens (including phenoxy) is 3. The first-order valence-electron chi connectivity index (χ1n) is 6.48. The minimum atomic E-state index is -0.615. The summed E-state index contributed by atoms with van der Waals surface area (Å²) in [5.41, 5.74) is 1.06. The molecule has 0 saturated heterocycles. The Hall–Kier alpha value is -2.28. The number of hydrogen-bond donors (Lipinski definition) is 1. The second kappa shape index (κ2) is 5.84. The lowest BCUT2D eigenvalue weighted by Gasteiger charge is -2.14. The van der Waals surface area contributed by atoms with Crippen molar-refractivity contribution in [3.8, 4) is 11.5 Å². The molecule has 6 nitrogen and oxygen atoms in total. The van der Waals surface area contributed by atoms with Crippen molar-refractivity contribution in [2.24, 2.45) is 0 Å². The van der Waals surface area contributed by atoms with E-state index in [4.69, 9.17) is 14.2 Å². The van der Waals surface area contributed by atoms with E-state index >= 15 is 0 Å². The summed E-state index contributed by atoms with van der Waals surface area (Å²) in [7, 11) is 3.01. The lowest BCUT2D eigenvalue weighted by molar-refractivity contribution is 0.0434. The Morgan fingerprint density at radius 2 is 2.05 bits per heavy atom. The van der Waals surface area contributed by atoms with Crippen molar-refractivity contribution >= 4 is 27.7 Å². The van der Waals surface area contributed by atoms with E-state index in [-0.39, 0.29) is 0 Å². The van der Waals surface area contributed by atoms with Gasteiger partial charge in [-0.15, -0.1) is 0 Å². The molecule has 1 aliphatic rings. The molecule has 0 radical (unpaired) electrons. The van der Waals surface area contributed by atoms with Gasteiger partial charge in [0.1, 0.15) is 11.4 Å². The lowest BCUT2D eigenvalue weighted by Crippen LogP contribution is -2.11. The summed E-state index contributed by atoms with van der Waals surface area (Å²) in [6.07, 6.45) is 1.05. The molecule has 0 fully saturated rings. The molecular weight excluding hydrogens is 352 g/mol. The number of esters is 1. The van der Waals surface area contributed by atoms with Crippen molar-refractivity contribution in [1.82, 2.24) is 4.98 Å². The zero-order chi connectivity index (χ0) is 15.7. The quantitative estimate of drug-likeness (QED) is 0.840. The number of nitrogens with one attached hydrogen (secondary N) is 1. The van der Waals surface area contributed by atoms with Crippen LogP contribution >= 0.6 is 15.9 Å². The maximum Gasteiger partial charge on any atom is 0.344 e. The Labute approximate surface area is 135 Å². The van der Waals surface area contributed by atoms with Crippen LogP contribution < -0.4 is 14.8 Å². The molecule has 2 aromatic rings. The molecule has 1 aromatic carbocycles. The molecule has 1 N–H and O–H groups in total. The third kappa shape index (κ3) is 2.48. The fraction of sp³-hybridized carbons (Fsp3) is 0.200. The number of pyridine rings is 1. The highest BCUT2D eigenvalue weighted by atomic mass is 79.9. The lowest BCUT2D eigenvalue weighted by atomic mass is 10.1. The van der Waals surface area contributed by atoms with E-state index in [1.165, 1.54) is 14.2 Å². The van der Waals surface area contributed by atoms with Crippen molar-refractivity contribution in [1.29, 1.82) is 0 Å². The van der Waals surface area contributed by atoms with Gasteiger partial charge in [-0.1, -0.05) is 0 Å². The van der Waals surface area contributed by atoms with Crippen molar-refractivity contribution in [2.75, 3.05) is 19.5 Å². The fourth-order valence-electron chi connectivity index (χ4n) is 2.30. The smallest absolute Gasteiger partial charge is 0.344 e. The molecule has 0 unspecified atom stereocenters. The third-order valence-electron chi connectivity index (χ3n) is 3.30. The first-order valence-corrected chi connectivity index (χ1v) is 7.27. The van der Waals surface area contributed by atoms with Crippen LogP contribution in [0.2, 0.25) is 0 Å². The SMILES string of the molecule is COc1ccc2c(c1OC)C(=O)O[C@@H]2Nc1ccc(Br)cn1. The fourth-order valence-corrected chi connectivity index (χ4v) is 2.54. The van der Waals surface area contributed by atoms with Gasteiger partial charge in [0.2, 0.25) is 6.23 Å². The molecule has 0 bridgehead atoms. The summed E-state index contributed by atoms with van der Waals surface area (Å²) >= 11 is 3.32. The number of benzene rings is 1. The molecule has 0 amide bonds. The van der Waals surface area contributed by atoms with Crippen molar-refractivity contribution in [3.63, 3.8) is 0 Å².